The summed E-state index contributed by atoms with van der Waals surface area (Å²) in [4.78, 5) is 0. The number of aromatic amines is 1. The highest BCUT2D eigenvalue weighted by Gasteiger charge is 2.16. The lowest BCUT2D eigenvalue weighted by Crippen LogP contribution is -1.94. The molecule has 17 heavy (non-hydrogen) atoms. The molecule has 2 aromatic rings. The molecule has 1 aromatic carbocycles. The van der Waals surface area contributed by atoms with Crippen LogP contribution in [-0.4, -0.2) is 16.8 Å². The van der Waals surface area contributed by atoms with Gasteiger partial charge in [-0.25, -0.2) is 0 Å². The Morgan fingerprint density at radius 2 is 2.12 bits per heavy atom. The van der Waals surface area contributed by atoms with Gasteiger partial charge < -0.3 is 4.74 Å². The van der Waals surface area contributed by atoms with Crippen molar-refractivity contribution in [2.45, 2.75) is 20.8 Å². The SMILES string of the molecule is CCOc1n[nH]c(C)c1-c1ccc(C)cc1Cl. The van der Waals surface area contributed by atoms with Crippen LogP contribution in [0.25, 0.3) is 11.1 Å². The fourth-order valence-corrected chi connectivity index (χ4v) is 2.12. The largest absolute Gasteiger partial charge is 0.476 e. The number of hydrogen-bond donors (Lipinski definition) is 1. The number of benzene rings is 1. The Bertz CT molecular complexity index is 534. The molecule has 0 aliphatic rings. The van der Waals surface area contributed by atoms with E-state index in [-0.39, 0.29) is 0 Å². The normalized spacial score (nSPS) is 10.6. The number of aromatic nitrogens is 2. The first-order valence-electron chi connectivity index (χ1n) is 5.57. The quantitative estimate of drug-likeness (QED) is 0.901. The maximum absolute atomic E-state index is 6.27. The summed E-state index contributed by atoms with van der Waals surface area (Å²) in [7, 11) is 0. The zero-order valence-electron chi connectivity index (χ0n) is 10.2. The van der Waals surface area contributed by atoms with Crippen molar-refractivity contribution in [3.05, 3.63) is 34.5 Å². The van der Waals surface area contributed by atoms with Crippen LogP contribution in [0.4, 0.5) is 0 Å². The number of nitrogens with one attached hydrogen (secondary N) is 1. The standard InChI is InChI=1S/C13H15ClN2O/c1-4-17-13-12(9(3)15-16-13)10-6-5-8(2)7-11(10)14/h5-7H,4H2,1-3H3,(H,15,16). The highest BCUT2D eigenvalue weighted by atomic mass is 35.5. The third kappa shape index (κ3) is 2.29. The van der Waals surface area contributed by atoms with Gasteiger partial charge in [0.15, 0.2) is 0 Å². The monoisotopic (exact) mass is 250 g/mol. The Morgan fingerprint density at radius 1 is 1.35 bits per heavy atom. The average molecular weight is 251 g/mol. The summed E-state index contributed by atoms with van der Waals surface area (Å²) >= 11 is 6.27. The Kier molecular flexibility index (Phi) is 3.38. The number of halogens is 1. The van der Waals surface area contributed by atoms with Crippen LogP contribution in [0.3, 0.4) is 0 Å². The predicted molar refractivity (Wildman–Crippen MR) is 69.7 cm³/mol. The number of H-pyrrole nitrogens is 1. The maximum atomic E-state index is 6.27. The van der Waals surface area contributed by atoms with Crippen molar-refractivity contribution in [1.29, 1.82) is 0 Å². The highest BCUT2D eigenvalue weighted by molar-refractivity contribution is 6.33. The van der Waals surface area contributed by atoms with E-state index in [1.54, 1.807) is 0 Å². The third-order valence-electron chi connectivity index (χ3n) is 2.59. The van der Waals surface area contributed by atoms with E-state index in [4.69, 9.17) is 16.3 Å². The fraction of sp³-hybridized carbons (Fsp3) is 0.308. The Morgan fingerprint density at radius 3 is 2.76 bits per heavy atom. The van der Waals surface area contributed by atoms with Crippen LogP contribution in [-0.2, 0) is 0 Å². The van der Waals surface area contributed by atoms with Crippen molar-refractivity contribution in [1.82, 2.24) is 10.2 Å². The van der Waals surface area contributed by atoms with Crippen LogP contribution in [0.5, 0.6) is 5.88 Å². The molecule has 2 rings (SSSR count). The molecule has 0 radical (unpaired) electrons. The first-order valence-corrected chi connectivity index (χ1v) is 5.95. The van der Waals surface area contributed by atoms with Crippen LogP contribution < -0.4 is 4.74 Å². The van der Waals surface area contributed by atoms with E-state index in [9.17, 15) is 0 Å². The first-order chi connectivity index (χ1) is 8.13. The van der Waals surface area contributed by atoms with Gasteiger partial charge >= 0.3 is 0 Å². The Hall–Kier alpha value is -1.48. The summed E-state index contributed by atoms with van der Waals surface area (Å²) in [6.45, 7) is 6.49. The maximum Gasteiger partial charge on any atom is 0.240 e. The lowest BCUT2D eigenvalue weighted by Gasteiger charge is -2.07. The van der Waals surface area contributed by atoms with Gasteiger partial charge in [0.1, 0.15) is 0 Å². The van der Waals surface area contributed by atoms with Gasteiger partial charge in [0.25, 0.3) is 0 Å². The van der Waals surface area contributed by atoms with Gasteiger partial charge in [-0.1, -0.05) is 23.7 Å². The molecule has 90 valence electrons. The lowest BCUT2D eigenvalue weighted by atomic mass is 10.0. The molecular formula is C13H15ClN2O. The van der Waals surface area contributed by atoms with Crippen LogP contribution in [0.2, 0.25) is 5.02 Å². The number of nitrogens with zero attached hydrogens (tertiary/aromatic N) is 1. The molecule has 0 saturated heterocycles. The minimum atomic E-state index is 0.584. The summed E-state index contributed by atoms with van der Waals surface area (Å²) in [5, 5.41) is 7.79. The molecule has 1 heterocycles. The fourth-order valence-electron chi connectivity index (χ4n) is 1.79. The van der Waals surface area contributed by atoms with E-state index in [1.807, 2.05) is 39.0 Å². The van der Waals surface area contributed by atoms with Crippen molar-refractivity contribution in [3.8, 4) is 17.0 Å². The summed E-state index contributed by atoms with van der Waals surface area (Å²) in [6, 6.07) is 5.97. The molecule has 0 unspecified atom stereocenters. The zero-order valence-corrected chi connectivity index (χ0v) is 10.9. The summed E-state index contributed by atoms with van der Waals surface area (Å²) in [5.41, 5.74) is 3.99. The van der Waals surface area contributed by atoms with Gasteiger partial charge in [-0.2, -0.15) is 0 Å². The predicted octanol–water partition coefficient (Wildman–Crippen LogP) is 3.75. The second kappa shape index (κ2) is 4.80. The van der Waals surface area contributed by atoms with Gasteiger partial charge in [-0.3, -0.25) is 5.10 Å². The Balaban J connectivity index is 2.55. The molecule has 0 bridgehead atoms. The lowest BCUT2D eigenvalue weighted by molar-refractivity contribution is 0.327. The van der Waals surface area contributed by atoms with E-state index in [2.05, 4.69) is 10.2 Å². The van der Waals surface area contributed by atoms with E-state index < -0.39 is 0 Å². The van der Waals surface area contributed by atoms with E-state index in [0.29, 0.717) is 12.5 Å². The molecule has 1 N–H and O–H groups in total. The minimum absolute atomic E-state index is 0.584. The van der Waals surface area contributed by atoms with Gasteiger partial charge in [0, 0.05) is 16.3 Å². The second-order valence-electron chi connectivity index (χ2n) is 3.95. The van der Waals surface area contributed by atoms with Gasteiger partial charge in [0.05, 0.1) is 12.2 Å². The molecule has 0 atom stereocenters. The van der Waals surface area contributed by atoms with Crippen molar-refractivity contribution < 1.29 is 4.74 Å². The third-order valence-corrected chi connectivity index (χ3v) is 2.90. The number of aryl methyl sites for hydroxylation is 2. The number of ether oxygens (including phenoxy) is 1. The van der Waals surface area contributed by atoms with Gasteiger partial charge in [-0.15, -0.1) is 5.10 Å². The van der Waals surface area contributed by atoms with E-state index in [1.165, 1.54) is 0 Å². The summed E-state index contributed by atoms with van der Waals surface area (Å²) in [5.74, 6) is 0.607. The molecule has 1 aromatic heterocycles. The second-order valence-corrected chi connectivity index (χ2v) is 4.35. The van der Waals surface area contributed by atoms with Crippen LogP contribution in [0.1, 0.15) is 18.2 Å². The topological polar surface area (TPSA) is 37.9 Å². The van der Waals surface area contributed by atoms with Crippen molar-refractivity contribution in [3.63, 3.8) is 0 Å². The van der Waals surface area contributed by atoms with Crippen molar-refractivity contribution in [2.24, 2.45) is 0 Å². The molecule has 0 fully saturated rings. The van der Waals surface area contributed by atoms with Crippen molar-refractivity contribution >= 4 is 11.6 Å². The average Bonchev–Trinajstić information content (AvgIpc) is 2.62. The summed E-state index contributed by atoms with van der Waals surface area (Å²) < 4.78 is 5.50. The molecule has 0 aliphatic heterocycles. The Labute approximate surface area is 106 Å². The van der Waals surface area contributed by atoms with E-state index >= 15 is 0 Å². The number of hydrogen-bond acceptors (Lipinski definition) is 2. The van der Waals surface area contributed by atoms with E-state index in [0.717, 1.165) is 27.4 Å². The molecule has 0 saturated carbocycles. The molecule has 0 spiro atoms. The summed E-state index contributed by atoms with van der Waals surface area (Å²) in [6.07, 6.45) is 0. The smallest absolute Gasteiger partial charge is 0.240 e. The molecule has 3 nitrogen and oxygen atoms in total. The van der Waals surface area contributed by atoms with Gasteiger partial charge in [-0.05, 0) is 32.4 Å². The first kappa shape index (κ1) is 12.0. The zero-order chi connectivity index (χ0) is 12.4. The number of rotatable bonds is 3. The highest BCUT2D eigenvalue weighted by Crippen LogP contribution is 2.36. The van der Waals surface area contributed by atoms with Crippen LogP contribution >= 0.6 is 11.6 Å². The molecule has 0 aliphatic carbocycles. The molecular weight excluding hydrogens is 236 g/mol. The van der Waals surface area contributed by atoms with Crippen LogP contribution in [0, 0.1) is 13.8 Å². The van der Waals surface area contributed by atoms with Crippen LogP contribution in [0.15, 0.2) is 18.2 Å². The minimum Gasteiger partial charge on any atom is -0.476 e. The molecule has 4 heteroatoms. The van der Waals surface area contributed by atoms with Crippen molar-refractivity contribution in [2.75, 3.05) is 6.61 Å². The molecule has 0 amide bonds. The van der Waals surface area contributed by atoms with Gasteiger partial charge in [0.2, 0.25) is 5.88 Å².